The maximum Gasteiger partial charge on any atom is 0.226 e. The Kier molecular flexibility index (Phi) is 4.92. The molecule has 0 bridgehead atoms. The largest absolute Gasteiger partial charge is 0.444 e. The third-order valence-electron chi connectivity index (χ3n) is 4.91. The van der Waals surface area contributed by atoms with Crippen LogP contribution in [0.4, 0.5) is 0 Å². The van der Waals surface area contributed by atoms with Gasteiger partial charge in [0.2, 0.25) is 5.89 Å². The molecule has 2 aliphatic rings. The van der Waals surface area contributed by atoms with Gasteiger partial charge in [-0.25, -0.2) is 4.98 Å². The molecule has 4 rings (SSSR count). The molecule has 5 nitrogen and oxygen atoms in total. The molecule has 3 heterocycles. The minimum absolute atomic E-state index is 0.459. The first-order valence-electron chi connectivity index (χ1n) is 8.93. The van der Waals surface area contributed by atoms with Gasteiger partial charge in [-0.05, 0) is 25.0 Å². The minimum atomic E-state index is 0.459. The number of ether oxygens (including phenoxy) is 1. The number of nitrogens with zero attached hydrogens (tertiary/aromatic N) is 3. The molecular weight excluding hydrogens is 302 g/mol. The highest BCUT2D eigenvalue weighted by atomic mass is 16.5. The second-order valence-corrected chi connectivity index (χ2v) is 6.72. The quantitative estimate of drug-likeness (QED) is 0.844. The zero-order valence-corrected chi connectivity index (χ0v) is 14.1. The van der Waals surface area contributed by atoms with Crippen molar-refractivity contribution < 1.29 is 9.15 Å². The van der Waals surface area contributed by atoms with E-state index in [0.717, 1.165) is 57.1 Å². The lowest BCUT2D eigenvalue weighted by atomic mass is 10.2. The average Bonchev–Trinajstić information content (AvgIpc) is 3.29. The second kappa shape index (κ2) is 7.47. The van der Waals surface area contributed by atoms with Crippen LogP contribution < -0.4 is 0 Å². The molecule has 1 unspecified atom stereocenters. The summed E-state index contributed by atoms with van der Waals surface area (Å²) >= 11 is 0. The molecule has 1 aromatic heterocycles. The highest BCUT2D eigenvalue weighted by Crippen LogP contribution is 2.19. The summed E-state index contributed by atoms with van der Waals surface area (Å²) in [6.07, 6.45) is 4.70. The fraction of sp³-hybridized carbons (Fsp3) is 0.526. The monoisotopic (exact) mass is 327 g/mol. The van der Waals surface area contributed by atoms with E-state index in [-0.39, 0.29) is 0 Å². The number of rotatable bonds is 5. The van der Waals surface area contributed by atoms with E-state index in [1.165, 1.54) is 12.8 Å². The molecule has 1 aromatic carbocycles. The van der Waals surface area contributed by atoms with Gasteiger partial charge in [-0.15, -0.1) is 0 Å². The lowest BCUT2D eigenvalue weighted by Crippen LogP contribution is -2.48. The molecule has 2 fully saturated rings. The van der Waals surface area contributed by atoms with Crippen LogP contribution in [0.15, 0.2) is 41.0 Å². The van der Waals surface area contributed by atoms with Gasteiger partial charge in [-0.3, -0.25) is 9.80 Å². The highest BCUT2D eigenvalue weighted by molar-refractivity contribution is 5.52. The van der Waals surface area contributed by atoms with Crippen molar-refractivity contribution in [2.75, 3.05) is 39.3 Å². The van der Waals surface area contributed by atoms with Crippen LogP contribution >= 0.6 is 0 Å². The van der Waals surface area contributed by atoms with Gasteiger partial charge in [-0.1, -0.05) is 18.2 Å². The van der Waals surface area contributed by atoms with E-state index >= 15 is 0 Å². The standard InChI is InChI=1S/C19H25N3O2/c1-2-5-16(6-3-1)19-20-17(15-24-19)13-21-8-10-22(11-9-21)14-18-7-4-12-23-18/h1-3,5-6,15,18H,4,7-14H2. The maximum absolute atomic E-state index is 5.75. The molecule has 24 heavy (non-hydrogen) atoms. The fourth-order valence-corrected chi connectivity index (χ4v) is 3.53. The summed E-state index contributed by atoms with van der Waals surface area (Å²) in [5.41, 5.74) is 2.05. The van der Waals surface area contributed by atoms with Crippen molar-refractivity contribution in [2.45, 2.75) is 25.5 Å². The molecule has 0 spiro atoms. The van der Waals surface area contributed by atoms with Crippen LogP contribution in [0.5, 0.6) is 0 Å². The lowest BCUT2D eigenvalue weighted by Gasteiger charge is -2.35. The molecule has 0 radical (unpaired) electrons. The predicted octanol–water partition coefficient (Wildman–Crippen LogP) is 2.64. The van der Waals surface area contributed by atoms with E-state index in [1.54, 1.807) is 6.26 Å². The van der Waals surface area contributed by atoms with E-state index in [1.807, 2.05) is 30.3 Å². The summed E-state index contributed by atoms with van der Waals surface area (Å²) < 4.78 is 11.4. The Balaban J connectivity index is 1.27. The van der Waals surface area contributed by atoms with Crippen molar-refractivity contribution in [1.82, 2.24) is 14.8 Å². The van der Waals surface area contributed by atoms with Crippen molar-refractivity contribution in [2.24, 2.45) is 0 Å². The summed E-state index contributed by atoms with van der Waals surface area (Å²) in [6, 6.07) is 10.1. The van der Waals surface area contributed by atoms with E-state index in [0.29, 0.717) is 12.0 Å². The van der Waals surface area contributed by atoms with Gasteiger partial charge < -0.3 is 9.15 Å². The van der Waals surface area contributed by atoms with Gasteiger partial charge in [0, 0.05) is 51.4 Å². The van der Waals surface area contributed by atoms with Crippen LogP contribution in [-0.4, -0.2) is 60.2 Å². The van der Waals surface area contributed by atoms with Crippen LogP contribution in [0.25, 0.3) is 11.5 Å². The van der Waals surface area contributed by atoms with Crippen LogP contribution in [-0.2, 0) is 11.3 Å². The number of benzene rings is 1. The van der Waals surface area contributed by atoms with Crippen LogP contribution in [0.1, 0.15) is 18.5 Å². The first kappa shape index (κ1) is 15.8. The average molecular weight is 327 g/mol. The number of hydrogen-bond donors (Lipinski definition) is 0. The van der Waals surface area contributed by atoms with Crippen molar-refractivity contribution in [3.8, 4) is 11.5 Å². The molecular formula is C19H25N3O2. The normalized spacial score (nSPS) is 22.9. The Morgan fingerprint density at radius 3 is 2.58 bits per heavy atom. The van der Waals surface area contributed by atoms with Gasteiger partial charge in [0.1, 0.15) is 6.26 Å². The number of hydrogen-bond acceptors (Lipinski definition) is 5. The van der Waals surface area contributed by atoms with E-state index in [9.17, 15) is 0 Å². The molecule has 2 saturated heterocycles. The molecule has 0 amide bonds. The summed E-state index contributed by atoms with van der Waals surface area (Å²) in [5.74, 6) is 0.711. The van der Waals surface area contributed by atoms with Crippen LogP contribution in [0.3, 0.4) is 0 Å². The van der Waals surface area contributed by atoms with E-state index in [4.69, 9.17) is 9.15 Å². The Labute approximate surface area is 143 Å². The Hall–Kier alpha value is -1.69. The molecule has 0 saturated carbocycles. The number of aromatic nitrogens is 1. The third-order valence-corrected chi connectivity index (χ3v) is 4.91. The smallest absolute Gasteiger partial charge is 0.226 e. The Bertz CT molecular complexity index is 629. The van der Waals surface area contributed by atoms with Gasteiger partial charge in [-0.2, -0.15) is 0 Å². The highest BCUT2D eigenvalue weighted by Gasteiger charge is 2.23. The maximum atomic E-state index is 5.75. The van der Waals surface area contributed by atoms with Gasteiger partial charge in [0.05, 0.1) is 11.8 Å². The molecule has 1 atom stereocenters. The zero-order chi connectivity index (χ0) is 16.2. The molecule has 128 valence electrons. The summed E-state index contributed by atoms with van der Waals surface area (Å²) in [6.45, 7) is 7.30. The molecule has 0 aliphatic carbocycles. The van der Waals surface area contributed by atoms with Crippen molar-refractivity contribution in [3.05, 3.63) is 42.3 Å². The Morgan fingerprint density at radius 1 is 1.04 bits per heavy atom. The molecule has 2 aliphatic heterocycles. The summed E-state index contributed by atoms with van der Waals surface area (Å²) in [4.78, 5) is 9.62. The summed E-state index contributed by atoms with van der Waals surface area (Å²) in [5, 5.41) is 0. The minimum Gasteiger partial charge on any atom is -0.444 e. The lowest BCUT2D eigenvalue weighted by molar-refractivity contribution is 0.0487. The fourth-order valence-electron chi connectivity index (χ4n) is 3.53. The van der Waals surface area contributed by atoms with Gasteiger partial charge >= 0.3 is 0 Å². The van der Waals surface area contributed by atoms with Gasteiger partial charge in [0.15, 0.2) is 0 Å². The molecule has 2 aromatic rings. The second-order valence-electron chi connectivity index (χ2n) is 6.72. The van der Waals surface area contributed by atoms with Crippen molar-refractivity contribution >= 4 is 0 Å². The first-order chi connectivity index (χ1) is 11.9. The van der Waals surface area contributed by atoms with Crippen molar-refractivity contribution in [1.29, 1.82) is 0 Å². The molecule has 5 heteroatoms. The zero-order valence-electron chi connectivity index (χ0n) is 14.1. The van der Waals surface area contributed by atoms with Crippen LogP contribution in [0, 0.1) is 0 Å². The first-order valence-corrected chi connectivity index (χ1v) is 8.93. The van der Waals surface area contributed by atoms with E-state index < -0.39 is 0 Å². The van der Waals surface area contributed by atoms with Gasteiger partial charge in [0.25, 0.3) is 0 Å². The predicted molar refractivity (Wildman–Crippen MR) is 92.6 cm³/mol. The number of oxazole rings is 1. The SMILES string of the molecule is c1ccc(-c2nc(CN3CCN(CC4CCCO4)CC3)co2)cc1. The van der Waals surface area contributed by atoms with Crippen molar-refractivity contribution in [3.63, 3.8) is 0 Å². The Morgan fingerprint density at radius 2 is 1.83 bits per heavy atom. The number of piperazine rings is 1. The topological polar surface area (TPSA) is 41.7 Å². The molecule has 0 N–H and O–H groups in total. The third kappa shape index (κ3) is 3.86. The van der Waals surface area contributed by atoms with E-state index in [2.05, 4.69) is 14.8 Å². The van der Waals surface area contributed by atoms with Crippen LogP contribution in [0.2, 0.25) is 0 Å². The summed E-state index contributed by atoms with van der Waals surface area (Å²) in [7, 11) is 0.